The highest BCUT2D eigenvalue weighted by Crippen LogP contribution is 2.23. The first kappa shape index (κ1) is 20.8. The molecule has 0 atom stereocenters. The van der Waals surface area contributed by atoms with Gasteiger partial charge < -0.3 is 9.64 Å². The fraction of sp³-hybridized carbons (Fsp3) is 0.364. The van der Waals surface area contributed by atoms with E-state index in [2.05, 4.69) is 15.2 Å². The zero-order chi connectivity index (χ0) is 21.8. The fourth-order valence-electron chi connectivity index (χ4n) is 3.87. The van der Waals surface area contributed by atoms with Crippen LogP contribution in [0.4, 0.5) is 4.39 Å². The van der Waals surface area contributed by atoms with E-state index in [1.54, 1.807) is 30.3 Å². The molecule has 1 fully saturated rings. The first-order valence-corrected chi connectivity index (χ1v) is 10.4. The maximum absolute atomic E-state index is 14.2. The van der Waals surface area contributed by atoms with Crippen LogP contribution in [0.15, 0.2) is 47.4 Å². The number of nitrogens with zero attached hydrogens (tertiary/aromatic N) is 4. The third kappa shape index (κ3) is 4.50. The van der Waals surface area contributed by atoms with Crippen molar-refractivity contribution in [1.82, 2.24) is 24.6 Å². The van der Waals surface area contributed by atoms with Gasteiger partial charge in [-0.15, -0.1) is 0 Å². The summed E-state index contributed by atoms with van der Waals surface area (Å²) >= 11 is 0. The molecule has 162 valence electrons. The van der Waals surface area contributed by atoms with Crippen LogP contribution in [-0.4, -0.2) is 50.3 Å². The van der Waals surface area contributed by atoms with E-state index in [0.29, 0.717) is 43.4 Å². The molecule has 1 aromatic carbocycles. The van der Waals surface area contributed by atoms with E-state index in [9.17, 15) is 14.0 Å². The van der Waals surface area contributed by atoms with E-state index in [1.807, 2.05) is 11.8 Å². The zero-order valence-electron chi connectivity index (χ0n) is 17.3. The average Bonchev–Trinajstić information content (AvgIpc) is 3.15. The van der Waals surface area contributed by atoms with Crippen molar-refractivity contribution in [2.24, 2.45) is 5.92 Å². The maximum Gasteiger partial charge on any atom is 0.348 e. The van der Waals surface area contributed by atoms with Gasteiger partial charge in [0.1, 0.15) is 11.6 Å². The molecule has 0 spiro atoms. The van der Waals surface area contributed by atoms with Gasteiger partial charge in [0.15, 0.2) is 0 Å². The lowest BCUT2D eigenvalue weighted by Crippen LogP contribution is -2.39. The summed E-state index contributed by atoms with van der Waals surface area (Å²) in [7, 11) is 0. The van der Waals surface area contributed by atoms with Crippen molar-refractivity contribution in [3.63, 3.8) is 0 Å². The molecule has 0 bridgehead atoms. The highest BCUT2D eigenvalue weighted by atomic mass is 19.1. The summed E-state index contributed by atoms with van der Waals surface area (Å²) in [5.41, 5.74) is 0.255. The van der Waals surface area contributed by atoms with E-state index < -0.39 is 11.5 Å². The number of rotatable bonds is 6. The summed E-state index contributed by atoms with van der Waals surface area (Å²) in [5.74, 6) is 0.699. The predicted octanol–water partition coefficient (Wildman–Crippen LogP) is 2.59. The molecule has 1 N–H and O–H groups in total. The summed E-state index contributed by atoms with van der Waals surface area (Å²) in [6.07, 6.45) is 3.61. The van der Waals surface area contributed by atoms with Crippen molar-refractivity contribution in [2.45, 2.75) is 26.2 Å². The molecule has 0 aliphatic carbocycles. The Labute approximate surface area is 178 Å². The second-order valence-corrected chi connectivity index (χ2v) is 7.49. The van der Waals surface area contributed by atoms with Gasteiger partial charge in [-0.3, -0.25) is 4.79 Å². The molecule has 0 saturated carbocycles. The van der Waals surface area contributed by atoms with Crippen LogP contribution in [0.3, 0.4) is 0 Å². The van der Waals surface area contributed by atoms with Crippen LogP contribution in [0.2, 0.25) is 0 Å². The molecule has 31 heavy (non-hydrogen) atoms. The van der Waals surface area contributed by atoms with Crippen LogP contribution in [-0.2, 0) is 6.42 Å². The third-order valence-corrected chi connectivity index (χ3v) is 5.48. The van der Waals surface area contributed by atoms with Gasteiger partial charge in [-0.05, 0) is 43.9 Å². The maximum atomic E-state index is 14.2. The fourth-order valence-corrected chi connectivity index (χ4v) is 3.87. The first-order chi connectivity index (χ1) is 15.1. The average molecular weight is 425 g/mol. The number of carbonyl (C=O) groups is 1. The van der Waals surface area contributed by atoms with Gasteiger partial charge >= 0.3 is 5.69 Å². The molecule has 3 aromatic rings. The van der Waals surface area contributed by atoms with Crippen molar-refractivity contribution >= 4 is 5.91 Å². The Morgan fingerprint density at radius 3 is 2.68 bits per heavy atom. The van der Waals surface area contributed by atoms with E-state index in [0.717, 1.165) is 12.8 Å². The number of aromatic nitrogens is 4. The molecule has 1 saturated heterocycles. The van der Waals surface area contributed by atoms with E-state index >= 15 is 0 Å². The van der Waals surface area contributed by atoms with Crippen molar-refractivity contribution in [3.05, 3.63) is 70.3 Å². The van der Waals surface area contributed by atoms with Crippen molar-refractivity contribution in [2.75, 3.05) is 19.7 Å². The topological polar surface area (TPSA) is 93.1 Å². The molecule has 8 nitrogen and oxygen atoms in total. The van der Waals surface area contributed by atoms with Crippen LogP contribution in [0, 0.1) is 11.7 Å². The number of benzene rings is 1. The molecule has 3 heterocycles. The molecular formula is C22H24FN5O3. The van der Waals surface area contributed by atoms with Gasteiger partial charge in [0.25, 0.3) is 5.91 Å². The number of carbonyl (C=O) groups excluding carboxylic acids is 1. The van der Waals surface area contributed by atoms with Crippen LogP contribution in [0.1, 0.15) is 35.9 Å². The summed E-state index contributed by atoms with van der Waals surface area (Å²) in [6.45, 7) is 3.61. The number of hydrogen-bond acceptors (Lipinski definition) is 5. The summed E-state index contributed by atoms with van der Waals surface area (Å²) < 4.78 is 20.8. The van der Waals surface area contributed by atoms with Gasteiger partial charge in [0.05, 0.1) is 17.9 Å². The van der Waals surface area contributed by atoms with Crippen LogP contribution in [0.25, 0.3) is 5.69 Å². The molecule has 4 rings (SSSR count). The third-order valence-electron chi connectivity index (χ3n) is 5.48. The molecule has 0 unspecified atom stereocenters. The quantitative estimate of drug-likeness (QED) is 0.655. The molecule has 2 aromatic heterocycles. The monoisotopic (exact) mass is 425 g/mol. The Balaban J connectivity index is 1.40. The van der Waals surface area contributed by atoms with Gasteiger partial charge in [0.2, 0.25) is 5.88 Å². The Morgan fingerprint density at radius 2 is 2.00 bits per heavy atom. The van der Waals surface area contributed by atoms with E-state index in [4.69, 9.17) is 4.74 Å². The lowest BCUT2D eigenvalue weighted by Gasteiger charge is -2.31. The first-order valence-electron chi connectivity index (χ1n) is 10.4. The number of hydrogen-bond donors (Lipinski definition) is 1. The van der Waals surface area contributed by atoms with Crippen LogP contribution < -0.4 is 10.4 Å². The Morgan fingerprint density at radius 1 is 1.23 bits per heavy atom. The lowest BCUT2D eigenvalue weighted by molar-refractivity contribution is 0.0689. The van der Waals surface area contributed by atoms with Gasteiger partial charge in [-0.1, -0.05) is 12.1 Å². The molecule has 9 heteroatoms. The van der Waals surface area contributed by atoms with Crippen molar-refractivity contribution < 1.29 is 13.9 Å². The number of H-pyrrole nitrogens is 1. The zero-order valence-corrected chi connectivity index (χ0v) is 17.3. The minimum Gasteiger partial charge on any atom is -0.478 e. The summed E-state index contributed by atoms with van der Waals surface area (Å²) in [5, 5.41) is 6.53. The van der Waals surface area contributed by atoms with Crippen LogP contribution in [0.5, 0.6) is 5.88 Å². The number of piperidine rings is 1. The van der Waals surface area contributed by atoms with E-state index in [-0.39, 0.29) is 17.5 Å². The largest absolute Gasteiger partial charge is 0.478 e. The van der Waals surface area contributed by atoms with Gasteiger partial charge in [-0.2, -0.15) is 5.10 Å². The Hall–Kier alpha value is -3.49. The van der Waals surface area contributed by atoms with Crippen molar-refractivity contribution in [3.8, 4) is 11.6 Å². The van der Waals surface area contributed by atoms with Crippen molar-refractivity contribution in [1.29, 1.82) is 0 Å². The lowest BCUT2D eigenvalue weighted by atomic mass is 9.93. The molecule has 1 aliphatic heterocycles. The predicted molar refractivity (Wildman–Crippen MR) is 112 cm³/mol. The smallest absolute Gasteiger partial charge is 0.348 e. The molecular weight excluding hydrogens is 401 g/mol. The number of aromatic amines is 1. The number of pyridine rings is 1. The molecule has 1 amide bonds. The minimum absolute atomic E-state index is 0.0583. The van der Waals surface area contributed by atoms with Gasteiger partial charge in [-0.25, -0.2) is 23.8 Å². The number of likely N-dealkylation sites (tertiary alicyclic amines) is 1. The minimum atomic E-state index is -0.475. The Bertz CT molecular complexity index is 1100. The SMILES string of the molecule is CCOc1ccc(C(=O)N2CCC(Cc3n[nH]c(=O)n3-c3ccccc3F)CC2)cn1. The number of nitrogens with one attached hydrogen (secondary N) is 1. The number of para-hydroxylation sites is 1. The molecule has 1 aliphatic rings. The number of ether oxygens (including phenoxy) is 1. The molecule has 0 radical (unpaired) electrons. The van der Waals surface area contributed by atoms with Crippen LogP contribution >= 0.6 is 0 Å². The second kappa shape index (κ2) is 9.11. The summed E-state index contributed by atoms with van der Waals surface area (Å²) in [4.78, 5) is 30.9. The van der Waals surface area contributed by atoms with Gasteiger partial charge in [0, 0.05) is 31.8 Å². The van der Waals surface area contributed by atoms with E-state index in [1.165, 1.54) is 16.8 Å². The standard InChI is InChI=1S/C22H24FN5O3/c1-2-31-20-8-7-16(14-24-20)21(29)27-11-9-15(10-12-27)13-19-25-26-22(30)28(19)18-6-4-3-5-17(18)23/h3-8,14-15H,2,9-13H2,1H3,(H,26,30). The number of amides is 1. The Kier molecular flexibility index (Phi) is 6.11. The normalized spacial score (nSPS) is 14.6. The second-order valence-electron chi connectivity index (χ2n) is 7.49. The highest BCUT2D eigenvalue weighted by molar-refractivity contribution is 5.94. The number of halogens is 1. The summed E-state index contributed by atoms with van der Waals surface area (Å²) in [6, 6.07) is 9.56. The highest BCUT2D eigenvalue weighted by Gasteiger charge is 2.26.